The van der Waals surface area contributed by atoms with Crippen molar-refractivity contribution in [3.05, 3.63) is 47.7 Å². The van der Waals surface area contributed by atoms with Gasteiger partial charge in [0.1, 0.15) is 5.76 Å². The molecule has 0 unspecified atom stereocenters. The van der Waals surface area contributed by atoms with Crippen molar-refractivity contribution >= 4 is 17.6 Å². The summed E-state index contributed by atoms with van der Waals surface area (Å²) in [6.45, 7) is 1.90. The van der Waals surface area contributed by atoms with Gasteiger partial charge in [-0.1, -0.05) is 6.92 Å². The molecule has 0 aromatic carbocycles. The minimum Gasteiger partial charge on any atom is -0.481 e. The van der Waals surface area contributed by atoms with Crippen molar-refractivity contribution in [1.29, 1.82) is 0 Å². The smallest absolute Gasteiger partial charge is 0.309 e. The van der Waals surface area contributed by atoms with E-state index in [0.29, 0.717) is 29.1 Å². The fraction of sp³-hybridized carbons (Fsp3) is 0.214. The van der Waals surface area contributed by atoms with Crippen LogP contribution < -0.4 is 5.32 Å². The zero-order valence-electron chi connectivity index (χ0n) is 10.9. The Morgan fingerprint density at radius 3 is 2.75 bits per heavy atom. The Kier molecular flexibility index (Phi) is 4.14. The molecule has 0 aliphatic rings. The Bertz CT molecular complexity index is 616. The number of aryl methyl sites for hydroxylation is 1. The van der Waals surface area contributed by atoms with Crippen LogP contribution >= 0.6 is 0 Å². The third kappa shape index (κ3) is 3.23. The second kappa shape index (κ2) is 6.01. The maximum absolute atomic E-state index is 12.0. The molecule has 2 rings (SSSR count). The van der Waals surface area contributed by atoms with Crippen LogP contribution in [0, 0.1) is 0 Å². The molecule has 1 amide bonds. The van der Waals surface area contributed by atoms with Crippen LogP contribution in [0.1, 0.15) is 28.7 Å². The highest BCUT2D eigenvalue weighted by Gasteiger charge is 2.13. The molecule has 104 valence electrons. The summed E-state index contributed by atoms with van der Waals surface area (Å²) in [7, 11) is 0. The number of carboxylic acids is 1. The lowest BCUT2D eigenvalue weighted by molar-refractivity contribution is -0.136. The number of hydrogen-bond acceptors (Lipinski definition) is 4. The third-order valence-electron chi connectivity index (χ3n) is 2.73. The first kappa shape index (κ1) is 13.8. The summed E-state index contributed by atoms with van der Waals surface area (Å²) in [5.74, 6) is -0.596. The van der Waals surface area contributed by atoms with E-state index in [0.717, 1.165) is 0 Å². The van der Waals surface area contributed by atoms with E-state index in [1.165, 1.54) is 12.5 Å². The van der Waals surface area contributed by atoms with Gasteiger partial charge >= 0.3 is 5.97 Å². The van der Waals surface area contributed by atoms with E-state index in [9.17, 15) is 9.59 Å². The molecule has 0 fully saturated rings. The molecule has 2 aromatic heterocycles. The lowest BCUT2D eigenvalue weighted by atomic mass is 10.2. The van der Waals surface area contributed by atoms with Crippen LogP contribution in [-0.4, -0.2) is 22.0 Å². The summed E-state index contributed by atoms with van der Waals surface area (Å²) in [6, 6.07) is 4.80. The number of amides is 1. The molecule has 2 aromatic rings. The molecular weight excluding hydrogens is 260 g/mol. The topological polar surface area (TPSA) is 92.4 Å². The van der Waals surface area contributed by atoms with Crippen LogP contribution in [0.3, 0.4) is 0 Å². The number of rotatable bonds is 5. The van der Waals surface area contributed by atoms with Gasteiger partial charge in [-0.3, -0.25) is 14.6 Å². The van der Waals surface area contributed by atoms with Gasteiger partial charge in [0, 0.05) is 6.42 Å². The number of anilines is 1. The van der Waals surface area contributed by atoms with Crippen LogP contribution in [0.25, 0.3) is 0 Å². The maximum Gasteiger partial charge on any atom is 0.309 e. The lowest BCUT2D eigenvalue weighted by Gasteiger charge is -2.05. The number of nitrogens with zero attached hydrogens (tertiary/aromatic N) is 1. The number of aromatic nitrogens is 1. The predicted octanol–water partition coefficient (Wildman–Crippen LogP) is 2.12. The molecule has 0 atom stereocenters. The highest BCUT2D eigenvalue weighted by atomic mass is 16.4. The predicted molar refractivity (Wildman–Crippen MR) is 71.6 cm³/mol. The minimum absolute atomic E-state index is 0.143. The lowest BCUT2D eigenvalue weighted by Crippen LogP contribution is -2.13. The van der Waals surface area contributed by atoms with Crippen molar-refractivity contribution in [3.8, 4) is 0 Å². The average Bonchev–Trinajstić information content (AvgIpc) is 2.89. The fourth-order valence-corrected chi connectivity index (χ4v) is 1.77. The average molecular weight is 274 g/mol. The van der Waals surface area contributed by atoms with Gasteiger partial charge in [0.05, 0.1) is 35.8 Å². The Morgan fingerprint density at radius 1 is 1.35 bits per heavy atom. The normalized spacial score (nSPS) is 10.2. The Balaban J connectivity index is 2.06. The molecule has 0 aliphatic heterocycles. The van der Waals surface area contributed by atoms with Gasteiger partial charge in [-0.2, -0.15) is 0 Å². The molecule has 20 heavy (non-hydrogen) atoms. The number of pyridine rings is 1. The van der Waals surface area contributed by atoms with Crippen molar-refractivity contribution < 1.29 is 19.1 Å². The largest absolute Gasteiger partial charge is 0.481 e. The molecule has 6 heteroatoms. The van der Waals surface area contributed by atoms with Crippen LogP contribution in [-0.2, 0) is 17.6 Å². The van der Waals surface area contributed by atoms with E-state index in [4.69, 9.17) is 9.52 Å². The van der Waals surface area contributed by atoms with Crippen LogP contribution in [0.5, 0.6) is 0 Å². The Labute approximate surface area is 115 Å². The quantitative estimate of drug-likeness (QED) is 0.871. The molecule has 0 spiro atoms. The van der Waals surface area contributed by atoms with Gasteiger partial charge < -0.3 is 14.8 Å². The summed E-state index contributed by atoms with van der Waals surface area (Å²) in [6.07, 6.45) is 3.39. The second-order valence-electron chi connectivity index (χ2n) is 4.17. The summed E-state index contributed by atoms with van der Waals surface area (Å²) >= 11 is 0. The molecule has 6 nitrogen and oxygen atoms in total. The number of furan rings is 1. The number of carboxylic acid groups (broad SMARTS) is 1. The van der Waals surface area contributed by atoms with E-state index >= 15 is 0 Å². The van der Waals surface area contributed by atoms with Gasteiger partial charge in [-0.05, 0) is 18.2 Å². The fourth-order valence-electron chi connectivity index (χ4n) is 1.77. The molecule has 0 saturated carbocycles. The van der Waals surface area contributed by atoms with Crippen molar-refractivity contribution in [3.63, 3.8) is 0 Å². The Morgan fingerprint density at radius 2 is 2.15 bits per heavy atom. The number of carbonyl (C=O) groups is 2. The maximum atomic E-state index is 12.0. The van der Waals surface area contributed by atoms with Gasteiger partial charge in [0.15, 0.2) is 0 Å². The van der Waals surface area contributed by atoms with Crippen LogP contribution in [0.2, 0.25) is 0 Å². The van der Waals surface area contributed by atoms with Gasteiger partial charge in [-0.15, -0.1) is 0 Å². The monoisotopic (exact) mass is 274 g/mol. The summed E-state index contributed by atoms with van der Waals surface area (Å²) < 4.78 is 5.19. The summed E-state index contributed by atoms with van der Waals surface area (Å²) in [5.41, 5.74) is 1.43. The van der Waals surface area contributed by atoms with Gasteiger partial charge in [0.2, 0.25) is 0 Å². The second-order valence-corrected chi connectivity index (χ2v) is 4.17. The molecular formula is C14H14N2O4. The molecule has 0 aliphatic carbocycles. The summed E-state index contributed by atoms with van der Waals surface area (Å²) in [4.78, 5) is 26.5. The number of nitrogens with one attached hydrogen (secondary N) is 1. The summed E-state index contributed by atoms with van der Waals surface area (Å²) in [5, 5.41) is 11.3. The standard InChI is InChI=1S/C14H14N2O4/c1-2-12-11(5-6-20-12)14(19)16-10-4-3-9(15-8-10)7-13(17)18/h3-6,8H,2,7H2,1H3,(H,16,19)(H,17,18). The number of hydrogen-bond donors (Lipinski definition) is 2. The van der Waals surface area contributed by atoms with E-state index in [1.807, 2.05) is 6.92 Å². The SMILES string of the molecule is CCc1occc1C(=O)Nc1ccc(CC(=O)O)nc1. The molecule has 2 heterocycles. The molecule has 0 radical (unpaired) electrons. The minimum atomic E-state index is -0.944. The van der Waals surface area contributed by atoms with Crippen molar-refractivity contribution in [2.45, 2.75) is 19.8 Å². The zero-order valence-corrected chi connectivity index (χ0v) is 10.9. The van der Waals surface area contributed by atoms with E-state index < -0.39 is 5.97 Å². The first-order chi connectivity index (χ1) is 9.60. The van der Waals surface area contributed by atoms with Gasteiger partial charge in [0.25, 0.3) is 5.91 Å². The van der Waals surface area contributed by atoms with E-state index in [1.54, 1.807) is 18.2 Å². The highest BCUT2D eigenvalue weighted by Crippen LogP contribution is 2.14. The molecule has 2 N–H and O–H groups in total. The van der Waals surface area contributed by atoms with E-state index in [-0.39, 0.29) is 12.3 Å². The Hall–Kier alpha value is -2.63. The third-order valence-corrected chi connectivity index (χ3v) is 2.73. The van der Waals surface area contributed by atoms with Crippen molar-refractivity contribution in [1.82, 2.24) is 4.98 Å². The number of aliphatic carboxylic acids is 1. The molecule has 0 saturated heterocycles. The first-order valence-electron chi connectivity index (χ1n) is 6.14. The van der Waals surface area contributed by atoms with E-state index in [2.05, 4.69) is 10.3 Å². The van der Waals surface area contributed by atoms with Crippen LogP contribution in [0.15, 0.2) is 35.1 Å². The number of carbonyl (C=O) groups excluding carboxylic acids is 1. The van der Waals surface area contributed by atoms with Gasteiger partial charge in [-0.25, -0.2) is 0 Å². The highest BCUT2D eigenvalue weighted by molar-refractivity contribution is 6.04. The van der Waals surface area contributed by atoms with Crippen LogP contribution in [0.4, 0.5) is 5.69 Å². The zero-order chi connectivity index (χ0) is 14.5. The molecule has 0 bridgehead atoms. The first-order valence-corrected chi connectivity index (χ1v) is 6.14. The van der Waals surface area contributed by atoms with Crippen molar-refractivity contribution in [2.24, 2.45) is 0 Å². The van der Waals surface area contributed by atoms with Crippen molar-refractivity contribution in [2.75, 3.05) is 5.32 Å².